The Kier molecular flexibility index (Phi) is 5.89. The number of aromatic carboxylic acids is 1. The third-order valence-corrected chi connectivity index (χ3v) is 4.78. The average Bonchev–Trinajstić information content (AvgIpc) is 2.56. The van der Waals surface area contributed by atoms with Gasteiger partial charge in [0, 0.05) is 13.5 Å². The van der Waals surface area contributed by atoms with E-state index in [9.17, 15) is 18.0 Å². The zero-order valence-electron chi connectivity index (χ0n) is 13.4. The first-order chi connectivity index (χ1) is 11.8. The lowest BCUT2D eigenvalue weighted by molar-refractivity contribution is -0.131. The van der Waals surface area contributed by atoms with E-state index >= 15 is 0 Å². The number of esters is 1. The Balaban J connectivity index is 1.93. The van der Waals surface area contributed by atoms with Crippen LogP contribution >= 0.6 is 0 Å². The summed E-state index contributed by atoms with van der Waals surface area (Å²) in [6.07, 6.45) is 0.451. The van der Waals surface area contributed by atoms with E-state index in [1.165, 1.54) is 31.2 Å². The van der Waals surface area contributed by atoms with Crippen molar-refractivity contribution in [1.82, 2.24) is 4.72 Å². The number of hydrogen-bond donors (Lipinski definition) is 2. The number of nitrogens with one attached hydrogen (secondary N) is 1. The van der Waals surface area contributed by atoms with Gasteiger partial charge in [-0.05, 0) is 48.4 Å². The van der Waals surface area contributed by atoms with Gasteiger partial charge in [-0.1, -0.05) is 12.1 Å². The Labute approximate surface area is 145 Å². The van der Waals surface area contributed by atoms with E-state index in [-0.39, 0.29) is 17.0 Å². The molecule has 0 aromatic heterocycles. The Hall–Kier alpha value is -2.71. The fourth-order valence-electron chi connectivity index (χ4n) is 2.08. The smallest absolute Gasteiger partial charge is 0.335 e. The van der Waals surface area contributed by atoms with Crippen LogP contribution in [0.3, 0.4) is 0 Å². The number of carbonyl (C=O) groups is 2. The monoisotopic (exact) mass is 363 g/mol. The van der Waals surface area contributed by atoms with Crippen molar-refractivity contribution < 1.29 is 27.9 Å². The average molecular weight is 363 g/mol. The molecule has 0 fully saturated rings. The van der Waals surface area contributed by atoms with Crippen LogP contribution in [0, 0.1) is 0 Å². The van der Waals surface area contributed by atoms with Crippen LogP contribution in [0.15, 0.2) is 53.4 Å². The van der Waals surface area contributed by atoms with Crippen molar-refractivity contribution in [2.24, 2.45) is 0 Å². The van der Waals surface area contributed by atoms with Crippen molar-refractivity contribution in [1.29, 1.82) is 0 Å². The zero-order chi connectivity index (χ0) is 18.4. The number of sulfonamides is 1. The predicted molar refractivity (Wildman–Crippen MR) is 90.0 cm³/mol. The largest absolute Gasteiger partial charge is 0.478 e. The highest BCUT2D eigenvalue weighted by Gasteiger charge is 2.14. The van der Waals surface area contributed by atoms with Crippen molar-refractivity contribution in [2.45, 2.75) is 18.2 Å². The predicted octanol–water partition coefficient (Wildman–Crippen LogP) is 1.83. The number of carboxylic acids is 1. The summed E-state index contributed by atoms with van der Waals surface area (Å²) in [5, 5.41) is 8.82. The maximum Gasteiger partial charge on any atom is 0.335 e. The number of benzene rings is 2. The van der Waals surface area contributed by atoms with Gasteiger partial charge in [-0.2, -0.15) is 0 Å². The SMILES string of the molecule is CC(=O)Oc1ccc(CCNS(=O)(=O)c2ccc(C(=O)O)cc2)cc1. The summed E-state index contributed by atoms with van der Waals surface area (Å²) in [4.78, 5) is 21.6. The maximum atomic E-state index is 12.2. The number of ether oxygens (including phenoxy) is 1. The van der Waals surface area contributed by atoms with Crippen LogP contribution in [0.5, 0.6) is 5.75 Å². The molecule has 7 nitrogen and oxygen atoms in total. The number of carbonyl (C=O) groups excluding carboxylic acids is 1. The quantitative estimate of drug-likeness (QED) is 0.574. The molecule has 0 bridgehead atoms. The number of rotatable bonds is 7. The van der Waals surface area contributed by atoms with E-state index in [4.69, 9.17) is 9.84 Å². The van der Waals surface area contributed by atoms with Gasteiger partial charge in [0.05, 0.1) is 10.5 Å². The molecule has 2 aromatic rings. The molecule has 2 aromatic carbocycles. The lowest BCUT2D eigenvalue weighted by Crippen LogP contribution is -2.26. The van der Waals surface area contributed by atoms with Crippen LogP contribution in [0.4, 0.5) is 0 Å². The van der Waals surface area contributed by atoms with E-state index in [2.05, 4.69) is 4.72 Å². The van der Waals surface area contributed by atoms with Gasteiger partial charge in [-0.25, -0.2) is 17.9 Å². The fraction of sp³-hybridized carbons (Fsp3) is 0.176. The first kappa shape index (κ1) is 18.6. The first-order valence-electron chi connectivity index (χ1n) is 7.38. The van der Waals surface area contributed by atoms with Crippen LogP contribution in [0.2, 0.25) is 0 Å². The second-order valence-electron chi connectivity index (χ2n) is 5.21. The minimum atomic E-state index is -3.71. The Morgan fingerprint density at radius 1 is 1.04 bits per heavy atom. The number of carboxylic acid groups (broad SMARTS) is 1. The fourth-order valence-corrected chi connectivity index (χ4v) is 3.11. The molecular formula is C17H17NO6S. The van der Waals surface area contributed by atoms with Crippen LogP contribution in [0.25, 0.3) is 0 Å². The summed E-state index contributed by atoms with van der Waals surface area (Å²) in [5.74, 6) is -1.10. The standard InChI is InChI=1S/C17H17NO6S/c1-12(19)24-15-6-2-13(3-7-15)10-11-18-25(22,23)16-8-4-14(5-9-16)17(20)21/h2-9,18H,10-11H2,1H3,(H,20,21). The second-order valence-corrected chi connectivity index (χ2v) is 6.98. The zero-order valence-corrected chi connectivity index (χ0v) is 14.2. The lowest BCUT2D eigenvalue weighted by Gasteiger charge is -2.08. The molecule has 0 atom stereocenters. The molecule has 0 unspecified atom stereocenters. The summed E-state index contributed by atoms with van der Waals surface area (Å²) >= 11 is 0. The molecule has 2 rings (SSSR count). The molecule has 25 heavy (non-hydrogen) atoms. The normalized spacial score (nSPS) is 11.1. The third-order valence-electron chi connectivity index (χ3n) is 3.30. The van der Waals surface area contributed by atoms with Crippen molar-refractivity contribution in [3.8, 4) is 5.75 Å². The van der Waals surface area contributed by atoms with E-state index in [1.807, 2.05) is 0 Å². The van der Waals surface area contributed by atoms with E-state index in [0.29, 0.717) is 12.2 Å². The van der Waals surface area contributed by atoms with Gasteiger partial charge in [-0.3, -0.25) is 4.79 Å². The first-order valence-corrected chi connectivity index (χ1v) is 8.86. The molecule has 0 aliphatic carbocycles. The van der Waals surface area contributed by atoms with Crippen molar-refractivity contribution in [2.75, 3.05) is 6.54 Å². The molecule has 8 heteroatoms. The Morgan fingerprint density at radius 2 is 1.64 bits per heavy atom. The highest BCUT2D eigenvalue weighted by molar-refractivity contribution is 7.89. The summed E-state index contributed by atoms with van der Waals surface area (Å²) < 4.78 is 31.7. The van der Waals surface area contributed by atoms with Gasteiger partial charge in [0.25, 0.3) is 0 Å². The Bertz CT molecular complexity index is 857. The van der Waals surface area contributed by atoms with E-state index < -0.39 is 22.0 Å². The van der Waals surface area contributed by atoms with Crippen LogP contribution in [0.1, 0.15) is 22.8 Å². The molecule has 0 aliphatic heterocycles. The molecular weight excluding hydrogens is 346 g/mol. The molecule has 0 spiro atoms. The van der Waals surface area contributed by atoms with Gasteiger partial charge >= 0.3 is 11.9 Å². The van der Waals surface area contributed by atoms with Crippen molar-refractivity contribution in [3.05, 3.63) is 59.7 Å². The summed E-state index contributed by atoms with van der Waals surface area (Å²) in [6.45, 7) is 1.49. The van der Waals surface area contributed by atoms with Crippen LogP contribution < -0.4 is 9.46 Å². The van der Waals surface area contributed by atoms with E-state index in [1.54, 1.807) is 24.3 Å². The van der Waals surface area contributed by atoms with Gasteiger partial charge in [0.2, 0.25) is 10.0 Å². The molecule has 0 saturated heterocycles. The summed E-state index contributed by atoms with van der Waals surface area (Å²) in [7, 11) is -3.71. The second kappa shape index (κ2) is 7.91. The van der Waals surface area contributed by atoms with Gasteiger partial charge < -0.3 is 9.84 Å². The summed E-state index contributed by atoms with van der Waals surface area (Å²) in [5.41, 5.74) is 0.895. The molecule has 2 N–H and O–H groups in total. The van der Waals surface area contributed by atoms with Crippen LogP contribution in [-0.4, -0.2) is 32.0 Å². The molecule has 0 saturated carbocycles. The molecule has 0 radical (unpaired) electrons. The highest BCUT2D eigenvalue weighted by atomic mass is 32.2. The van der Waals surface area contributed by atoms with Gasteiger partial charge in [-0.15, -0.1) is 0 Å². The Morgan fingerprint density at radius 3 is 2.16 bits per heavy atom. The molecule has 132 valence electrons. The van der Waals surface area contributed by atoms with Gasteiger partial charge in [0.15, 0.2) is 0 Å². The van der Waals surface area contributed by atoms with E-state index in [0.717, 1.165) is 5.56 Å². The topological polar surface area (TPSA) is 110 Å². The lowest BCUT2D eigenvalue weighted by atomic mass is 10.1. The summed E-state index contributed by atoms with van der Waals surface area (Å²) in [6, 6.07) is 11.7. The van der Waals surface area contributed by atoms with Crippen molar-refractivity contribution in [3.63, 3.8) is 0 Å². The maximum absolute atomic E-state index is 12.2. The van der Waals surface area contributed by atoms with Crippen molar-refractivity contribution >= 4 is 22.0 Å². The van der Waals surface area contributed by atoms with Crippen LogP contribution in [-0.2, 0) is 21.2 Å². The highest BCUT2D eigenvalue weighted by Crippen LogP contribution is 2.13. The molecule has 0 aliphatic rings. The third kappa shape index (κ3) is 5.40. The minimum absolute atomic E-state index is 0.00251. The minimum Gasteiger partial charge on any atom is -0.478 e. The molecule has 0 amide bonds. The number of hydrogen-bond acceptors (Lipinski definition) is 5. The van der Waals surface area contributed by atoms with Gasteiger partial charge in [0.1, 0.15) is 5.75 Å². The molecule has 0 heterocycles.